The Hall–Kier alpha value is -2.80. The van der Waals surface area contributed by atoms with Gasteiger partial charge in [-0.2, -0.15) is 0 Å². The van der Waals surface area contributed by atoms with Gasteiger partial charge >= 0.3 is 0 Å². The van der Waals surface area contributed by atoms with E-state index in [0.29, 0.717) is 41.9 Å². The Morgan fingerprint density at radius 3 is 2.21 bits per heavy atom. The summed E-state index contributed by atoms with van der Waals surface area (Å²) in [5.41, 5.74) is 1.57. The highest BCUT2D eigenvalue weighted by Crippen LogP contribution is 2.31. The SMILES string of the molecule is O=C(Nc1cc(Cl)ccc1N1CCN(C(=O)c2ccccc2F)CC1)c1cc(Cl)ccc1Cl. The van der Waals surface area contributed by atoms with Crippen molar-refractivity contribution in [2.75, 3.05) is 36.4 Å². The van der Waals surface area contributed by atoms with Crippen LogP contribution in [0.5, 0.6) is 0 Å². The minimum atomic E-state index is -0.535. The largest absolute Gasteiger partial charge is 0.366 e. The Morgan fingerprint density at radius 2 is 1.48 bits per heavy atom. The van der Waals surface area contributed by atoms with Crippen molar-refractivity contribution < 1.29 is 14.0 Å². The average Bonchev–Trinajstić information content (AvgIpc) is 2.81. The monoisotopic (exact) mass is 505 g/mol. The molecule has 4 rings (SSSR count). The van der Waals surface area contributed by atoms with Crippen LogP contribution in [0.3, 0.4) is 0 Å². The molecule has 1 fully saturated rings. The van der Waals surface area contributed by atoms with Crippen LogP contribution in [0.15, 0.2) is 60.7 Å². The summed E-state index contributed by atoms with van der Waals surface area (Å²) >= 11 is 18.4. The molecule has 170 valence electrons. The quantitative estimate of drug-likeness (QED) is 0.472. The maximum Gasteiger partial charge on any atom is 0.257 e. The van der Waals surface area contributed by atoms with Crippen LogP contribution >= 0.6 is 34.8 Å². The summed E-state index contributed by atoms with van der Waals surface area (Å²) in [5.74, 6) is -1.29. The summed E-state index contributed by atoms with van der Waals surface area (Å²) in [4.78, 5) is 29.2. The molecule has 9 heteroatoms. The van der Waals surface area contributed by atoms with Crippen LogP contribution in [-0.4, -0.2) is 42.9 Å². The number of benzene rings is 3. The number of anilines is 2. The Kier molecular flexibility index (Phi) is 7.08. The highest BCUT2D eigenvalue weighted by molar-refractivity contribution is 6.36. The molecule has 0 radical (unpaired) electrons. The van der Waals surface area contributed by atoms with Gasteiger partial charge in [0, 0.05) is 36.2 Å². The Morgan fingerprint density at radius 1 is 0.818 bits per heavy atom. The van der Waals surface area contributed by atoms with Gasteiger partial charge in [-0.1, -0.05) is 46.9 Å². The van der Waals surface area contributed by atoms with Crippen LogP contribution in [0.1, 0.15) is 20.7 Å². The van der Waals surface area contributed by atoms with Gasteiger partial charge in [-0.25, -0.2) is 4.39 Å². The number of nitrogens with one attached hydrogen (secondary N) is 1. The van der Waals surface area contributed by atoms with E-state index in [9.17, 15) is 14.0 Å². The van der Waals surface area contributed by atoms with Crippen molar-refractivity contribution >= 4 is 58.0 Å². The third-order valence-electron chi connectivity index (χ3n) is 5.39. The Bertz CT molecular complexity index is 1210. The predicted octanol–water partition coefficient (Wildman–Crippen LogP) is 6.00. The summed E-state index contributed by atoms with van der Waals surface area (Å²) in [5, 5.41) is 3.99. The normalized spacial score (nSPS) is 13.7. The second-order valence-electron chi connectivity index (χ2n) is 7.50. The molecule has 0 aliphatic carbocycles. The van der Waals surface area contributed by atoms with E-state index in [1.54, 1.807) is 41.3 Å². The molecular formula is C24H19Cl3FN3O2. The fraction of sp³-hybridized carbons (Fsp3) is 0.167. The molecule has 3 aromatic rings. The lowest BCUT2D eigenvalue weighted by molar-refractivity contribution is 0.0742. The van der Waals surface area contributed by atoms with Crippen LogP contribution in [-0.2, 0) is 0 Å². The molecule has 1 saturated heterocycles. The molecule has 2 amide bonds. The van der Waals surface area contributed by atoms with Crippen LogP contribution in [0.4, 0.5) is 15.8 Å². The molecule has 0 atom stereocenters. The number of hydrogen-bond acceptors (Lipinski definition) is 3. The first kappa shape index (κ1) is 23.4. The van der Waals surface area contributed by atoms with Crippen molar-refractivity contribution in [1.82, 2.24) is 4.90 Å². The van der Waals surface area contributed by atoms with E-state index in [1.165, 1.54) is 18.2 Å². The zero-order chi connectivity index (χ0) is 23.5. The van der Waals surface area contributed by atoms with Gasteiger partial charge in [-0.3, -0.25) is 9.59 Å². The van der Waals surface area contributed by atoms with E-state index in [0.717, 1.165) is 5.69 Å². The molecule has 0 bridgehead atoms. The van der Waals surface area contributed by atoms with Crippen LogP contribution in [0.25, 0.3) is 0 Å². The van der Waals surface area contributed by atoms with Crippen molar-refractivity contribution in [3.05, 3.63) is 92.7 Å². The third kappa shape index (κ3) is 5.24. The summed E-state index contributed by atoms with van der Waals surface area (Å²) in [6, 6.07) is 15.8. The fourth-order valence-electron chi connectivity index (χ4n) is 3.70. The number of piperazine rings is 1. The number of carbonyl (C=O) groups excluding carboxylic acids is 2. The Labute approximate surface area is 205 Å². The Balaban J connectivity index is 1.50. The van der Waals surface area contributed by atoms with Crippen molar-refractivity contribution in [3.8, 4) is 0 Å². The zero-order valence-electron chi connectivity index (χ0n) is 17.3. The summed E-state index contributed by atoms with van der Waals surface area (Å²) < 4.78 is 14.0. The minimum Gasteiger partial charge on any atom is -0.366 e. The third-order valence-corrected chi connectivity index (χ3v) is 6.19. The number of carbonyl (C=O) groups is 2. The van der Waals surface area contributed by atoms with E-state index < -0.39 is 11.7 Å². The van der Waals surface area contributed by atoms with Gasteiger partial charge < -0.3 is 15.1 Å². The van der Waals surface area contributed by atoms with Gasteiger partial charge in [0.2, 0.25) is 0 Å². The first-order valence-corrected chi connectivity index (χ1v) is 11.3. The summed E-state index contributed by atoms with van der Waals surface area (Å²) in [6.07, 6.45) is 0. The fourth-order valence-corrected chi connectivity index (χ4v) is 4.25. The summed E-state index contributed by atoms with van der Waals surface area (Å²) in [6.45, 7) is 1.82. The smallest absolute Gasteiger partial charge is 0.257 e. The van der Waals surface area contributed by atoms with E-state index in [-0.39, 0.29) is 22.1 Å². The maximum atomic E-state index is 14.0. The second kappa shape index (κ2) is 10.00. The molecule has 0 spiro atoms. The molecule has 0 unspecified atom stereocenters. The van der Waals surface area contributed by atoms with Crippen molar-refractivity contribution in [3.63, 3.8) is 0 Å². The molecule has 33 heavy (non-hydrogen) atoms. The number of halogens is 4. The van der Waals surface area contributed by atoms with Crippen LogP contribution in [0.2, 0.25) is 15.1 Å². The standard InChI is InChI=1S/C24H19Cl3FN3O2/c25-15-5-7-19(27)18(13-15)23(32)29-21-14-16(26)6-8-22(21)30-9-11-31(12-10-30)24(33)17-3-1-2-4-20(17)28/h1-8,13-14H,9-12H2,(H,29,32). The van der Waals surface area contributed by atoms with E-state index in [4.69, 9.17) is 34.8 Å². The number of hydrogen-bond donors (Lipinski definition) is 1. The molecule has 1 aliphatic heterocycles. The van der Waals surface area contributed by atoms with Gasteiger partial charge in [-0.15, -0.1) is 0 Å². The highest BCUT2D eigenvalue weighted by Gasteiger charge is 2.25. The lowest BCUT2D eigenvalue weighted by Gasteiger charge is -2.37. The van der Waals surface area contributed by atoms with Gasteiger partial charge in [0.1, 0.15) is 5.82 Å². The first-order valence-electron chi connectivity index (χ1n) is 10.2. The topological polar surface area (TPSA) is 52.7 Å². The summed E-state index contributed by atoms with van der Waals surface area (Å²) in [7, 11) is 0. The van der Waals surface area contributed by atoms with Crippen molar-refractivity contribution in [2.24, 2.45) is 0 Å². The van der Waals surface area contributed by atoms with Crippen LogP contribution in [0, 0.1) is 5.82 Å². The minimum absolute atomic E-state index is 0.0591. The lowest BCUT2D eigenvalue weighted by Crippen LogP contribution is -2.49. The second-order valence-corrected chi connectivity index (χ2v) is 8.78. The number of rotatable bonds is 4. The van der Waals surface area contributed by atoms with Crippen molar-refractivity contribution in [1.29, 1.82) is 0 Å². The van der Waals surface area contributed by atoms with E-state index in [1.807, 2.05) is 11.0 Å². The number of amides is 2. The molecular weight excluding hydrogens is 488 g/mol. The molecule has 1 aliphatic rings. The highest BCUT2D eigenvalue weighted by atomic mass is 35.5. The predicted molar refractivity (Wildman–Crippen MR) is 130 cm³/mol. The lowest BCUT2D eigenvalue weighted by atomic mass is 10.1. The molecule has 3 aromatic carbocycles. The molecule has 1 N–H and O–H groups in total. The van der Waals surface area contributed by atoms with E-state index in [2.05, 4.69) is 5.32 Å². The van der Waals surface area contributed by atoms with Gasteiger partial charge in [0.05, 0.1) is 27.5 Å². The van der Waals surface area contributed by atoms with Crippen molar-refractivity contribution in [2.45, 2.75) is 0 Å². The average molecular weight is 507 g/mol. The molecule has 5 nitrogen and oxygen atoms in total. The van der Waals surface area contributed by atoms with Gasteiger partial charge in [0.15, 0.2) is 0 Å². The van der Waals surface area contributed by atoms with Gasteiger partial charge in [-0.05, 0) is 48.5 Å². The molecule has 0 saturated carbocycles. The van der Waals surface area contributed by atoms with Crippen LogP contribution < -0.4 is 10.2 Å². The molecule has 0 aromatic heterocycles. The number of nitrogens with zero attached hydrogens (tertiary/aromatic N) is 2. The van der Waals surface area contributed by atoms with Gasteiger partial charge in [0.25, 0.3) is 11.8 Å². The molecule has 1 heterocycles. The van der Waals surface area contributed by atoms with E-state index >= 15 is 0 Å². The zero-order valence-corrected chi connectivity index (χ0v) is 19.6. The first-order chi connectivity index (χ1) is 15.8. The maximum absolute atomic E-state index is 14.0.